The van der Waals surface area contributed by atoms with Crippen LogP contribution >= 0.6 is 22.7 Å². The van der Waals surface area contributed by atoms with E-state index in [0.717, 1.165) is 18.4 Å². The summed E-state index contributed by atoms with van der Waals surface area (Å²) in [5.74, 6) is 0. The molecule has 0 amide bonds. The molecule has 4 aromatic heterocycles. The van der Waals surface area contributed by atoms with Crippen molar-refractivity contribution in [2.75, 3.05) is 0 Å². The molecule has 9 rings (SSSR count). The number of rotatable bonds is 16. The van der Waals surface area contributed by atoms with Crippen LogP contribution in [0.2, 0.25) is 0 Å². The van der Waals surface area contributed by atoms with Gasteiger partial charge >= 0.3 is 0 Å². The van der Waals surface area contributed by atoms with Crippen molar-refractivity contribution in [3.05, 3.63) is 138 Å². The first-order valence-corrected chi connectivity index (χ1v) is 25.5. The van der Waals surface area contributed by atoms with Crippen molar-refractivity contribution in [1.82, 2.24) is 9.13 Å². The van der Waals surface area contributed by atoms with Crippen LogP contribution in [0, 0.1) is 0 Å². The smallest absolute Gasteiger partial charge is 0.150 e. The maximum absolute atomic E-state index is 11.2. The number of fused-ring (bicyclic) bond motifs is 6. The number of hydrogen-bond donors (Lipinski definition) is 0. The van der Waals surface area contributed by atoms with E-state index in [0.29, 0.717) is 5.56 Å². The van der Waals surface area contributed by atoms with Gasteiger partial charge in [-0.2, -0.15) is 0 Å². The van der Waals surface area contributed by atoms with Crippen LogP contribution in [0.5, 0.6) is 0 Å². The molecule has 5 heteroatoms. The number of thiophene rings is 2. The fraction of sp³-hybridized carbons (Fsp3) is 0.339. The zero-order chi connectivity index (χ0) is 44.6. The summed E-state index contributed by atoms with van der Waals surface area (Å²) in [6.07, 6.45) is 14.3. The van der Waals surface area contributed by atoms with Crippen molar-refractivity contribution < 1.29 is 4.79 Å². The number of unbranched alkanes of at least 4 members (excludes halogenated alkanes) is 9. The van der Waals surface area contributed by atoms with Gasteiger partial charge in [0.25, 0.3) is 0 Å². The average Bonchev–Trinajstić information content (AvgIpc) is 4.10. The van der Waals surface area contributed by atoms with E-state index in [1.54, 1.807) is 0 Å². The monoisotopic (exact) mass is 880 g/mol. The van der Waals surface area contributed by atoms with Crippen molar-refractivity contribution >= 4 is 72.6 Å². The number of carbonyl (C=O) groups excluding carboxylic acids is 1. The molecular weight excluding hydrogens is 817 g/mol. The Morgan fingerprint density at radius 3 is 1.45 bits per heavy atom. The maximum Gasteiger partial charge on any atom is 0.150 e. The van der Waals surface area contributed by atoms with Crippen LogP contribution in [0.15, 0.2) is 121 Å². The number of aryl methyl sites for hydroxylation is 1. The molecule has 5 aromatic carbocycles. The number of carbonyl (C=O) groups is 1. The molecule has 0 aliphatic heterocycles. The minimum absolute atomic E-state index is 0.0539. The number of aromatic nitrogens is 2. The zero-order valence-corrected chi connectivity index (χ0v) is 40.7. The summed E-state index contributed by atoms with van der Waals surface area (Å²) in [6.45, 7) is 17.2. The second-order valence-electron chi connectivity index (χ2n) is 20.1. The summed E-state index contributed by atoms with van der Waals surface area (Å²) in [5, 5.41) is 5.27. The number of hydrogen-bond acceptors (Lipinski definition) is 3. The molecule has 64 heavy (non-hydrogen) atoms. The Morgan fingerprint density at radius 2 is 0.906 bits per heavy atom. The van der Waals surface area contributed by atoms with E-state index in [-0.39, 0.29) is 10.8 Å². The van der Waals surface area contributed by atoms with Gasteiger partial charge in [-0.1, -0.05) is 149 Å². The minimum Gasteiger partial charge on any atom is -0.340 e. The van der Waals surface area contributed by atoms with E-state index in [1.807, 2.05) is 46.9 Å². The average molecular weight is 881 g/mol. The van der Waals surface area contributed by atoms with Gasteiger partial charge in [0, 0.05) is 69.9 Å². The largest absolute Gasteiger partial charge is 0.340 e. The Bertz CT molecular complexity index is 3010. The van der Waals surface area contributed by atoms with Crippen LogP contribution in [-0.4, -0.2) is 15.4 Å². The number of aldehydes is 1. The first kappa shape index (κ1) is 44.0. The highest BCUT2D eigenvalue weighted by Crippen LogP contribution is 2.43. The second kappa shape index (κ2) is 18.3. The number of benzene rings is 5. The summed E-state index contributed by atoms with van der Waals surface area (Å²) in [6, 6.07) is 45.6. The highest BCUT2D eigenvalue weighted by Gasteiger charge is 2.22. The van der Waals surface area contributed by atoms with E-state index >= 15 is 0 Å². The van der Waals surface area contributed by atoms with Crippen molar-refractivity contribution in [2.24, 2.45) is 0 Å². The molecule has 0 aliphatic rings. The molecule has 0 saturated carbocycles. The van der Waals surface area contributed by atoms with Crippen LogP contribution in [0.4, 0.5) is 0 Å². The van der Waals surface area contributed by atoms with Crippen LogP contribution in [-0.2, 0) is 17.4 Å². The van der Waals surface area contributed by atoms with Crippen LogP contribution < -0.4 is 0 Å². The molecule has 0 fully saturated rings. The first-order chi connectivity index (χ1) is 30.9. The lowest BCUT2D eigenvalue weighted by Gasteiger charge is -2.19. The van der Waals surface area contributed by atoms with Crippen LogP contribution in [0.3, 0.4) is 0 Å². The molecule has 9 aromatic rings. The molecule has 0 aliphatic carbocycles. The van der Waals surface area contributed by atoms with Crippen molar-refractivity contribution in [1.29, 1.82) is 0 Å². The van der Waals surface area contributed by atoms with Gasteiger partial charge in [0.05, 0.1) is 11.0 Å². The summed E-state index contributed by atoms with van der Waals surface area (Å²) in [5.41, 5.74) is 12.3. The van der Waals surface area contributed by atoms with E-state index in [2.05, 4.69) is 155 Å². The topological polar surface area (TPSA) is 26.9 Å². The van der Waals surface area contributed by atoms with Crippen LogP contribution in [0.25, 0.3) is 79.9 Å². The molecule has 0 spiro atoms. The molecule has 0 bridgehead atoms. The Kier molecular flexibility index (Phi) is 12.6. The Balaban J connectivity index is 1.10. The Labute approximate surface area is 388 Å². The zero-order valence-electron chi connectivity index (χ0n) is 39.0. The molecule has 0 saturated heterocycles. The minimum atomic E-state index is 0.0539. The SMILES string of the molecule is CCCCCCCCCCCCn1c2ccc(-c3ccc(-c4ccc(-c5ccc(C=O)cc5)s4)s3)cc2c2cc(-n3c4ccc(C(C)(C)C)cc4c4cc(C(C)(C)C)ccc43)ccc21. The van der Waals surface area contributed by atoms with Crippen molar-refractivity contribution in [3.8, 4) is 36.3 Å². The molecule has 0 radical (unpaired) electrons. The lowest BCUT2D eigenvalue weighted by atomic mass is 9.85. The standard InChI is InChI=1S/C59H64N2OS2/c1-8-9-10-11-12-13-14-15-16-17-34-60-50-26-22-42(55-31-33-57(64-55)56-32-30-54(63-56)41-20-18-40(39-62)19-21-41)35-46(50)49-38-45(25-29-51(49)60)61-52-27-23-43(58(2,3)4)36-47(52)48-37-44(59(5,6)7)24-28-53(48)61/h18-33,35-39H,8-17,34H2,1-7H3. The fourth-order valence-electron chi connectivity index (χ4n) is 9.59. The quantitative estimate of drug-likeness (QED) is 0.0702. The normalized spacial score (nSPS) is 12.4. The molecule has 4 heterocycles. The third kappa shape index (κ3) is 8.91. The molecule has 328 valence electrons. The number of nitrogens with zero attached hydrogens (tertiary/aromatic N) is 2. The van der Waals surface area contributed by atoms with Crippen molar-refractivity contribution in [2.45, 2.75) is 130 Å². The molecule has 0 unspecified atom stereocenters. The molecule has 0 N–H and O–H groups in total. The second-order valence-corrected chi connectivity index (χ2v) is 22.3. The predicted octanol–water partition coefficient (Wildman–Crippen LogP) is 18.3. The highest BCUT2D eigenvalue weighted by atomic mass is 32.1. The molecule has 0 atom stereocenters. The van der Waals surface area contributed by atoms with E-state index in [4.69, 9.17) is 0 Å². The summed E-state index contributed by atoms with van der Waals surface area (Å²) in [7, 11) is 0. The highest BCUT2D eigenvalue weighted by molar-refractivity contribution is 7.25. The summed E-state index contributed by atoms with van der Waals surface area (Å²) >= 11 is 3.67. The van der Waals surface area contributed by atoms with E-state index < -0.39 is 0 Å². The fourth-order valence-corrected chi connectivity index (χ4v) is 11.7. The molecule has 3 nitrogen and oxygen atoms in total. The van der Waals surface area contributed by atoms with Gasteiger partial charge < -0.3 is 9.13 Å². The first-order valence-electron chi connectivity index (χ1n) is 23.8. The van der Waals surface area contributed by atoms with Gasteiger partial charge in [-0.25, -0.2) is 0 Å². The Morgan fingerprint density at radius 1 is 0.453 bits per heavy atom. The van der Waals surface area contributed by atoms with E-state index in [1.165, 1.54) is 150 Å². The van der Waals surface area contributed by atoms with Gasteiger partial charge in [-0.3, -0.25) is 4.79 Å². The maximum atomic E-state index is 11.2. The van der Waals surface area contributed by atoms with Gasteiger partial charge in [-0.15, -0.1) is 22.7 Å². The molecular formula is C59H64N2OS2. The third-order valence-corrected chi connectivity index (χ3v) is 15.9. The summed E-state index contributed by atoms with van der Waals surface area (Å²) in [4.78, 5) is 16.3. The van der Waals surface area contributed by atoms with Crippen LogP contribution in [0.1, 0.15) is 134 Å². The van der Waals surface area contributed by atoms with Gasteiger partial charge in [0.15, 0.2) is 0 Å². The predicted molar refractivity (Wildman–Crippen MR) is 280 cm³/mol. The van der Waals surface area contributed by atoms with Gasteiger partial charge in [-0.05, 0) is 118 Å². The lowest BCUT2D eigenvalue weighted by Crippen LogP contribution is -2.10. The van der Waals surface area contributed by atoms with E-state index in [9.17, 15) is 4.79 Å². The third-order valence-electron chi connectivity index (χ3n) is 13.4. The summed E-state index contributed by atoms with van der Waals surface area (Å²) < 4.78 is 5.12. The van der Waals surface area contributed by atoms with Gasteiger partial charge in [0.1, 0.15) is 6.29 Å². The Hall–Kier alpha value is -5.23. The van der Waals surface area contributed by atoms with Gasteiger partial charge in [0.2, 0.25) is 0 Å². The van der Waals surface area contributed by atoms with Crippen molar-refractivity contribution in [3.63, 3.8) is 0 Å². The lowest BCUT2D eigenvalue weighted by molar-refractivity contribution is 0.112.